The lowest BCUT2D eigenvalue weighted by Gasteiger charge is -2.08. The van der Waals surface area contributed by atoms with E-state index in [1.165, 1.54) is 27.5 Å². The molecule has 0 saturated heterocycles. The number of thiophene rings is 1. The van der Waals surface area contributed by atoms with E-state index in [-0.39, 0.29) is 0 Å². The molecule has 21 heavy (non-hydrogen) atoms. The van der Waals surface area contributed by atoms with E-state index in [9.17, 15) is 0 Å². The minimum atomic E-state index is 0.567. The summed E-state index contributed by atoms with van der Waals surface area (Å²) in [4.78, 5) is 2.75. The number of nitrogens with one attached hydrogen (secondary N) is 1. The van der Waals surface area contributed by atoms with Gasteiger partial charge in [-0.1, -0.05) is 30.3 Å². The molecule has 3 N–H and O–H groups in total. The van der Waals surface area contributed by atoms with E-state index < -0.39 is 0 Å². The number of nitrogen functional groups attached to an aromatic ring is 1. The Hall–Kier alpha value is -1.72. The molecule has 3 nitrogen and oxygen atoms in total. The third-order valence-corrected chi connectivity index (χ3v) is 5.99. The highest BCUT2D eigenvalue weighted by molar-refractivity contribution is 7.98. The minimum absolute atomic E-state index is 0.567. The molecule has 0 amide bonds. The van der Waals surface area contributed by atoms with E-state index in [4.69, 9.17) is 5.73 Å². The first-order valence-electron chi connectivity index (χ1n) is 6.92. The van der Waals surface area contributed by atoms with Gasteiger partial charge >= 0.3 is 0 Å². The number of anilines is 1. The van der Waals surface area contributed by atoms with E-state index >= 15 is 0 Å². The molecule has 1 aliphatic heterocycles. The number of aromatic nitrogens is 2. The second-order valence-corrected chi connectivity index (χ2v) is 7.33. The number of benzene rings is 1. The number of hydrogen-bond acceptors (Lipinski definition) is 4. The molecule has 0 saturated carbocycles. The van der Waals surface area contributed by atoms with Gasteiger partial charge in [-0.15, -0.1) is 11.3 Å². The van der Waals surface area contributed by atoms with Crippen molar-refractivity contribution < 1.29 is 0 Å². The van der Waals surface area contributed by atoms with E-state index in [0.29, 0.717) is 5.82 Å². The summed E-state index contributed by atoms with van der Waals surface area (Å²) >= 11 is 3.88. The second kappa shape index (κ2) is 5.24. The van der Waals surface area contributed by atoms with Gasteiger partial charge in [-0.25, -0.2) is 0 Å². The van der Waals surface area contributed by atoms with Crippen LogP contribution in [0.5, 0.6) is 0 Å². The minimum Gasteiger partial charge on any atom is -0.382 e. The highest BCUT2D eigenvalue weighted by Gasteiger charge is 2.19. The maximum absolute atomic E-state index is 6.09. The van der Waals surface area contributed by atoms with Crippen LogP contribution in [0, 0.1) is 0 Å². The third-order valence-electron chi connectivity index (χ3n) is 3.73. The van der Waals surface area contributed by atoms with Gasteiger partial charge in [-0.2, -0.15) is 16.9 Å². The van der Waals surface area contributed by atoms with Crippen molar-refractivity contribution in [2.75, 3.05) is 11.5 Å². The highest BCUT2D eigenvalue weighted by atomic mass is 32.2. The molecule has 1 aliphatic rings. The number of thioether (sulfide) groups is 1. The molecule has 0 radical (unpaired) electrons. The van der Waals surface area contributed by atoms with Crippen LogP contribution in [0.25, 0.3) is 21.7 Å². The third kappa shape index (κ3) is 2.26. The Morgan fingerprint density at radius 2 is 2.05 bits per heavy atom. The topological polar surface area (TPSA) is 54.7 Å². The van der Waals surface area contributed by atoms with E-state index in [2.05, 4.69) is 28.4 Å². The fourth-order valence-corrected chi connectivity index (χ4v) is 5.08. The number of fused-ring (bicyclic) bond motifs is 1. The van der Waals surface area contributed by atoms with Gasteiger partial charge in [0.15, 0.2) is 5.82 Å². The van der Waals surface area contributed by atoms with Crippen molar-refractivity contribution in [3.8, 4) is 21.7 Å². The lowest BCUT2D eigenvalue weighted by atomic mass is 10.0. The van der Waals surface area contributed by atoms with Crippen LogP contribution in [0.15, 0.2) is 36.4 Å². The summed E-state index contributed by atoms with van der Waals surface area (Å²) in [5.41, 5.74) is 10.7. The molecule has 0 atom stereocenters. The second-order valence-electron chi connectivity index (χ2n) is 5.09. The van der Waals surface area contributed by atoms with Crippen molar-refractivity contribution in [1.29, 1.82) is 0 Å². The molecule has 5 heteroatoms. The number of H-pyrrole nitrogens is 1. The molecular formula is C16H15N3S2. The lowest BCUT2D eigenvalue weighted by Crippen LogP contribution is -1.96. The fraction of sp³-hybridized carbons (Fsp3) is 0.188. The maximum Gasteiger partial charge on any atom is 0.153 e. The van der Waals surface area contributed by atoms with E-state index in [1.807, 2.05) is 41.3 Å². The predicted octanol–water partition coefficient (Wildman–Crippen LogP) is 4.18. The van der Waals surface area contributed by atoms with Crippen LogP contribution in [0.3, 0.4) is 0 Å². The van der Waals surface area contributed by atoms with Crippen molar-refractivity contribution in [2.24, 2.45) is 0 Å². The Labute approximate surface area is 131 Å². The summed E-state index contributed by atoms with van der Waals surface area (Å²) in [6, 6.07) is 12.5. The molecule has 0 bridgehead atoms. The van der Waals surface area contributed by atoms with Crippen molar-refractivity contribution in [1.82, 2.24) is 10.2 Å². The van der Waals surface area contributed by atoms with Gasteiger partial charge in [0.25, 0.3) is 0 Å². The molecular weight excluding hydrogens is 298 g/mol. The average Bonchev–Trinajstić information content (AvgIpc) is 3.11. The van der Waals surface area contributed by atoms with Gasteiger partial charge in [0.2, 0.25) is 0 Å². The zero-order chi connectivity index (χ0) is 14.2. The molecule has 3 heterocycles. The van der Waals surface area contributed by atoms with Crippen molar-refractivity contribution in [3.63, 3.8) is 0 Å². The summed E-state index contributed by atoms with van der Waals surface area (Å²) in [6.45, 7) is 0. The number of aromatic amines is 1. The summed E-state index contributed by atoms with van der Waals surface area (Å²) in [5, 5.41) is 7.36. The molecule has 1 aromatic carbocycles. The van der Waals surface area contributed by atoms with Crippen LogP contribution in [0.2, 0.25) is 0 Å². The van der Waals surface area contributed by atoms with Crippen LogP contribution < -0.4 is 5.73 Å². The maximum atomic E-state index is 6.09. The number of nitrogens with zero attached hydrogens (tertiary/aromatic N) is 1. The Balaban J connectivity index is 1.85. The van der Waals surface area contributed by atoms with Crippen molar-refractivity contribution in [2.45, 2.75) is 12.2 Å². The first kappa shape index (κ1) is 13.0. The molecule has 106 valence electrons. The van der Waals surface area contributed by atoms with Crippen LogP contribution in [0.4, 0.5) is 5.82 Å². The zero-order valence-electron chi connectivity index (χ0n) is 11.4. The van der Waals surface area contributed by atoms with Crippen LogP contribution in [-0.2, 0) is 12.2 Å². The molecule has 0 spiro atoms. The van der Waals surface area contributed by atoms with Crippen molar-refractivity contribution in [3.05, 3.63) is 46.8 Å². The molecule has 2 aromatic heterocycles. The SMILES string of the molecule is Nc1n[nH]c(-c2cc3c(s2)CCSC3)c1-c1ccccc1. The standard InChI is InChI=1S/C16H15N3S2/c17-16-14(10-4-2-1-3-5-10)15(18-19-16)13-8-11-9-20-7-6-12(11)21-13/h1-5,8H,6-7,9H2,(H3,17,18,19). The average molecular weight is 313 g/mol. The Morgan fingerprint density at radius 1 is 1.19 bits per heavy atom. The highest BCUT2D eigenvalue weighted by Crippen LogP contribution is 2.41. The summed E-state index contributed by atoms with van der Waals surface area (Å²) < 4.78 is 0. The summed E-state index contributed by atoms with van der Waals surface area (Å²) in [7, 11) is 0. The van der Waals surface area contributed by atoms with Gasteiger partial charge in [-0.3, -0.25) is 5.10 Å². The van der Waals surface area contributed by atoms with Gasteiger partial charge in [-0.05, 0) is 29.4 Å². The lowest BCUT2D eigenvalue weighted by molar-refractivity contribution is 1.10. The first-order valence-corrected chi connectivity index (χ1v) is 8.89. The predicted molar refractivity (Wildman–Crippen MR) is 91.6 cm³/mol. The fourth-order valence-electron chi connectivity index (χ4n) is 2.70. The number of rotatable bonds is 2. The van der Waals surface area contributed by atoms with E-state index in [1.54, 1.807) is 0 Å². The van der Waals surface area contributed by atoms with Crippen LogP contribution in [0.1, 0.15) is 10.4 Å². The molecule has 0 unspecified atom stereocenters. The quantitative estimate of drug-likeness (QED) is 0.746. The van der Waals surface area contributed by atoms with E-state index in [0.717, 1.165) is 22.6 Å². The number of aryl methyl sites for hydroxylation is 1. The van der Waals surface area contributed by atoms with Gasteiger partial charge in [0.05, 0.1) is 16.1 Å². The Bertz CT molecular complexity index is 751. The van der Waals surface area contributed by atoms with Gasteiger partial charge in [0.1, 0.15) is 0 Å². The Morgan fingerprint density at radius 3 is 2.86 bits per heavy atom. The molecule has 3 aromatic rings. The molecule has 4 rings (SSSR count). The van der Waals surface area contributed by atoms with Gasteiger partial charge in [0, 0.05) is 10.6 Å². The summed E-state index contributed by atoms with van der Waals surface area (Å²) in [5.74, 6) is 2.91. The van der Waals surface area contributed by atoms with Gasteiger partial charge < -0.3 is 5.73 Å². The normalized spacial score (nSPS) is 14.1. The zero-order valence-corrected chi connectivity index (χ0v) is 13.1. The van der Waals surface area contributed by atoms with Crippen LogP contribution >= 0.6 is 23.1 Å². The largest absolute Gasteiger partial charge is 0.382 e. The molecule has 0 aliphatic carbocycles. The first-order chi connectivity index (χ1) is 10.3. The van der Waals surface area contributed by atoms with Crippen LogP contribution in [-0.4, -0.2) is 16.0 Å². The Kier molecular flexibility index (Phi) is 3.24. The monoisotopic (exact) mass is 313 g/mol. The molecule has 0 fully saturated rings. The smallest absolute Gasteiger partial charge is 0.153 e. The number of nitrogens with two attached hydrogens (primary N) is 1. The summed E-state index contributed by atoms with van der Waals surface area (Å²) in [6.07, 6.45) is 1.18. The number of hydrogen-bond donors (Lipinski definition) is 2. The van der Waals surface area contributed by atoms with Crippen molar-refractivity contribution >= 4 is 28.9 Å².